The molecule has 0 unspecified atom stereocenters. The van der Waals surface area contributed by atoms with Crippen LogP contribution in [0.15, 0.2) is 0 Å². The van der Waals surface area contributed by atoms with Crippen LogP contribution in [0.5, 0.6) is 0 Å². The van der Waals surface area contributed by atoms with Crippen LogP contribution in [-0.2, 0) is 0 Å². The summed E-state index contributed by atoms with van der Waals surface area (Å²) < 4.78 is 0. The lowest BCUT2D eigenvalue weighted by molar-refractivity contribution is 0.0751. The van der Waals surface area contributed by atoms with E-state index < -0.39 is 5.91 Å². The zero-order chi connectivity index (χ0) is 12.7. The highest BCUT2D eigenvalue weighted by molar-refractivity contribution is 5.90. The molecule has 3 N–H and O–H groups in total. The maximum Gasteiger partial charge on any atom is 0.291 e. The van der Waals surface area contributed by atoms with Gasteiger partial charge in [0.15, 0.2) is 0 Å². The molecule has 0 fully saturated rings. The summed E-state index contributed by atoms with van der Waals surface area (Å²) in [5.41, 5.74) is 5.29. The zero-order valence-electron chi connectivity index (χ0n) is 9.05. The molecule has 0 saturated carbocycles. The molecule has 1 rings (SSSR count). The second-order valence-corrected chi connectivity index (χ2v) is 3.15. The summed E-state index contributed by atoms with van der Waals surface area (Å²) in [7, 11) is 0. The van der Waals surface area contributed by atoms with Crippen LogP contribution in [0.25, 0.3) is 0 Å². The first-order valence-corrected chi connectivity index (χ1v) is 4.90. The summed E-state index contributed by atoms with van der Waals surface area (Å²) in [6.45, 7) is 0.495. The Kier molecular flexibility index (Phi) is 4.45. The number of carbonyl (C=O) groups excluding carboxylic acids is 1. The monoisotopic (exact) mass is 233 g/mol. The Hall–Kier alpha value is -2.61. The first-order chi connectivity index (χ1) is 8.19. The number of carbonyl (C=O) groups is 1. The predicted molar refractivity (Wildman–Crippen MR) is 57.2 cm³/mol. The molecule has 8 heteroatoms. The lowest BCUT2D eigenvalue weighted by atomic mass is 10.3. The van der Waals surface area contributed by atoms with Gasteiger partial charge < -0.3 is 10.6 Å². The van der Waals surface area contributed by atoms with Crippen molar-refractivity contribution in [3.63, 3.8) is 0 Å². The number of nitrogens with one attached hydrogen (secondary N) is 1. The van der Waals surface area contributed by atoms with Gasteiger partial charge in [-0.3, -0.25) is 9.89 Å². The van der Waals surface area contributed by atoms with E-state index in [-0.39, 0.29) is 37.7 Å². The van der Waals surface area contributed by atoms with E-state index in [0.29, 0.717) is 0 Å². The molecule has 8 nitrogen and oxygen atoms in total. The quantitative estimate of drug-likeness (QED) is 0.713. The average Bonchev–Trinajstić information content (AvgIpc) is 2.75. The molecule has 0 saturated heterocycles. The van der Waals surface area contributed by atoms with E-state index in [1.807, 2.05) is 12.1 Å². The Labute approximate surface area is 97.6 Å². The summed E-state index contributed by atoms with van der Waals surface area (Å²) >= 11 is 0. The third kappa shape index (κ3) is 3.47. The molecule has 0 spiro atoms. The van der Waals surface area contributed by atoms with E-state index in [2.05, 4.69) is 15.2 Å². The smallest absolute Gasteiger partial charge is 0.291 e. The summed E-state index contributed by atoms with van der Waals surface area (Å²) in [6.07, 6.45) is 0.390. The molecule has 0 atom stereocenters. The van der Waals surface area contributed by atoms with Crippen molar-refractivity contribution >= 4 is 11.9 Å². The summed E-state index contributed by atoms with van der Waals surface area (Å²) in [4.78, 5) is 17.0. The van der Waals surface area contributed by atoms with Crippen LogP contribution in [0.3, 0.4) is 0 Å². The Bertz CT molecular complexity index is 448. The molecular weight excluding hydrogens is 222 g/mol. The van der Waals surface area contributed by atoms with Crippen LogP contribution in [0.4, 0.5) is 5.95 Å². The Morgan fingerprint density at radius 2 is 1.94 bits per heavy atom. The van der Waals surface area contributed by atoms with Crippen LogP contribution in [-0.4, -0.2) is 39.1 Å². The number of rotatable bonds is 5. The van der Waals surface area contributed by atoms with Gasteiger partial charge in [0.05, 0.1) is 25.0 Å². The van der Waals surface area contributed by atoms with Crippen molar-refractivity contribution in [3.05, 3.63) is 5.82 Å². The van der Waals surface area contributed by atoms with Crippen LogP contribution in [0, 0.1) is 22.7 Å². The number of anilines is 1. The van der Waals surface area contributed by atoms with Crippen molar-refractivity contribution in [2.24, 2.45) is 0 Å². The molecule has 0 aliphatic carbocycles. The fourth-order valence-electron chi connectivity index (χ4n) is 1.20. The number of nitrogen functional groups attached to an aromatic ring is 1. The number of aromatic nitrogens is 3. The van der Waals surface area contributed by atoms with E-state index in [1.54, 1.807) is 0 Å². The van der Waals surface area contributed by atoms with E-state index in [1.165, 1.54) is 4.90 Å². The zero-order valence-corrected chi connectivity index (χ0v) is 9.05. The van der Waals surface area contributed by atoms with Crippen molar-refractivity contribution < 1.29 is 4.79 Å². The van der Waals surface area contributed by atoms with Gasteiger partial charge in [-0.2, -0.15) is 15.5 Å². The molecule has 88 valence electrons. The van der Waals surface area contributed by atoms with Gasteiger partial charge in [0.25, 0.3) is 5.91 Å². The molecule has 0 aliphatic rings. The molecule has 0 bridgehead atoms. The number of aromatic amines is 1. The molecule has 17 heavy (non-hydrogen) atoms. The van der Waals surface area contributed by atoms with Crippen molar-refractivity contribution in [2.45, 2.75) is 12.8 Å². The van der Waals surface area contributed by atoms with Crippen LogP contribution in [0.1, 0.15) is 23.5 Å². The van der Waals surface area contributed by atoms with E-state index in [4.69, 9.17) is 16.3 Å². The van der Waals surface area contributed by atoms with Crippen molar-refractivity contribution in [3.8, 4) is 12.1 Å². The number of nitrogens with zero attached hydrogens (tertiary/aromatic N) is 5. The molecule has 0 aliphatic heterocycles. The third-order valence-electron chi connectivity index (χ3n) is 1.98. The first-order valence-electron chi connectivity index (χ1n) is 4.90. The SMILES string of the molecule is N#CCCN(CCC#N)C(=O)c1nc(N)n[nH]1. The van der Waals surface area contributed by atoms with Gasteiger partial charge in [-0.25, -0.2) is 0 Å². The summed E-state index contributed by atoms with van der Waals surface area (Å²) in [5, 5.41) is 22.9. The summed E-state index contributed by atoms with van der Waals surface area (Å²) in [6, 6.07) is 3.88. The largest absolute Gasteiger partial charge is 0.366 e. The van der Waals surface area contributed by atoms with Crippen LogP contribution < -0.4 is 5.73 Å². The standard InChI is InChI=1S/C9H11N7O/c10-3-1-5-16(6-2-4-11)8(17)7-13-9(12)15-14-7/h1-2,5-6H2,(H3,12,13,14,15). The predicted octanol–water partition coefficient (Wildman–Crippen LogP) is -0.344. The third-order valence-corrected chi connectivity index (χ3v) is 1.98. The van der Waals surface area contributed by atoms with E-state index in [0.717, 1.165) is 0 Å². The van der Waals surface area contributed by atoms with Gasteiger partial charge in [0, 0.05) is 13.1 Å². The Balaban J connectivity index is 2.72. The fourth-order valence-corrected chi connectivity index (χ4v) is 1.20. The molecule has 0 aromatic carbocycles. The molecule has 1 aromatic heterocycles. The molecule has 1 heterocycles. The number of hydrogen-bond donors (Lipinski definition) is 2. The first kappa shape index (κ1) is 12.5. The second-order valence-electron chi connectivity index (χ2n) is 3.15. The average molecular weight is 233 g/mol. The van der Waals surface area contributed by atoms with Crippen LogP contribution in [0.2, 0.25) is 0 Å². The fraction of sp³-hybridized carbons (Fsp3) is 0.444. The van der Waals surface area contributed by atoms with Gasteiger partial charge in [-0.15, -0.1) is 5.10 Å². The highest BCUT2D eigenvalue weighted by atomic mass is 16.2. The molecule has 1 aromatic rings. The van der Waals surface area contributed by atoms with Crippen molar-refractivity contribution in [1.82, 2.24) is 20.1 Å². The molecular formula is C9H11N7O. The maximum atomic E-state index is 11.9. The lowest BCUT2D eigenvalue weighted by Crippen LogP contribution is -2.33. The summed E-state index contributed by atoms with van der Waals surface area (Å²) in [5.74, 6) is -0.424. The Morgan fingerprint density at radius 1 is 1.35 bits per heavy atom. The van der Waals surface area contributed by atoms with Gasteiger partial charge in [0.1, 0.15) is 0 Å². The number of H-pyrrole nitrogens is 1. The van der Waals surface area contributed by atoms with Crippen LogP contribution >= 0.6 is 0 Å². The van der Waals surface area contributed by atoms with Crippen molar-refractivity contribution in [2.75, 3.05) is 18.8 Å². The number of hydrogen-bond acceptors (Lipinski definition) is 6. The lowest BCUT2D eigenvalue weighted by Gasteiger charge is -2.18. The van der Waals surface area contributed by atoms with E-state index >= 15 is 0 Å². The number of nitriles is 2. The minimum Gasteiger partial charge on any atom is -0.366 e. The van der Waals surface area contributed by atoms with Crippen molar-refractivity contribution in [1.29, 1.82) is 10.5 Å². The Morgan fingerprint density at radius 3 is 2.35 bits per heavy atom. The van der Waals surface area contributed by atoms with Gasteiger partial charge in [0.2, 0.25) is 11.8 Å². The molecule has 0 radical (unpaired) electrons. The van der Waals surface area contributed by atoms with Gasteiger partial charge in [-0.05, 0) is 0 Å². The molecule has 1 amide bonds. The minimum absolute atomic E-state index is 0.0124. The second kappa shape index (κ2) is 6.08. The normalized spacial score (nSPS) is 9.29. The highest BCUT2D eigenvalue weighted by Crippen LogP contribution is 2.02. The number of nitrogens with two attached hydrogens (primary N) is 1. The maximum absolute atomic E-state index is 11.9. The van der Waals surface area contributed by atoms with Gasteiger partial charge >= 0.3 is 0 Å². The highest BCUT2D eigenvalue weighted by Gasteiger charge is 2.18. The minimum atomic E-state index is -0.417. The van der Waals surface area contributed by atoms with Gasteiger partial charge in [-0.1, -0.05) is 0 Å². The number of amides is 1. The topological polar surface area (TPSA) is 135 Å². The van der Waals surface area contributed by atoms with E-state index in [9.17, 15) is 4.79 Å².